The van der Waals surface area contributed by atoms with Gasteiger partial charge < -0.3 is 9.72 Å². The zero-order valence-corrected chi connectivity index (χ0v) is 17.2. The molecule has 154 valence electrons. The number of nitrogens with one attached hydrogen (secondary N) is 1. The number of fused-ring (bicyclic) bond motifs is 1. The molecule has 6 nitrogen and oxygen atoms in total. The Bertz CT molecular complexity index is 1090. The lowest BCUT2D eigenvalue weighted by Gasteiger charge is -2.27. The number of aromatic nitrogens is 4. The Kier molecular flexibility index (Phi) is 5.34. The largest absolute Gasteiger partial charge is 0.376 e. The van der Waals surface area contributed by atoms with E-state index in [-0.39, 0.29) is 0 Å². The molecule has 4 aromatic rings. The van der Waals surface area contributed by atoms with Crippen LogP contribution in [0.1, 0.15) is 30.5 Å². The molecule has 0 saturated carbocycles. The van der Waals surface area contributed by atoms with Gasteiger partial charge in [0, 0.05) is 34.7 Å². The minimum Gasteiger partial charge on any atom is -0.376 e. The van der Waals surface area contributed by atoms with Gasteiger partial charge in [0.05, 0.1) is 13.2 Å². The van der Waals surface area contributed by atoms with Crippen LogP contribution >= 0.6 is 0 Å². The highest BCUT2D eigenvalue weighted by atomic mass is 16.5. The summed E-state index contributed by atoms with van der Waals surface area (Å²) in [5, 5.41) is 9.15. The summed E-state index contributed by atoms with van der Waals surface area (Å²) < 4.78 is 8.11. The highest BCUT2D eigenvalue weighted by molar-refractivity contribution is 5.85. The maximum atomic E-state index is 6.16. The molecule has 1 fully saturated rings. The Balaban J connectivity index is 1.41. The Hall–Kier alpha value is -2.96. The van der Waals surface area contributed by atoms with E-state index >= 15 is 0 Å². The number of ether oxygens (including phenoxy) is 1. The molecule has 0 aliphatic carbocycles. The quantitative estimate of drug-likeness (QED) is 0.500. The summed E-state index contributed by atoms with van der Waals surface area (Å²) in [7, 11) is 0. The van der Waals surface area contributed by atoms with E-state index in [9.17, 15) is 0 Å². The highest BCUT2D eigenvalue weighted by Crippen LogP contribution is 2.40. The van der Waals surface area contributed by atoms with Crippen molar-refractivity contribution >= 4 is 10.9 Å². The summed E-state index contributed by atoms with van der Waals surface area (Å²) in [6.07, 6.45) is 6.82. The van der Waals surface area contributed by atoms with Crippen LogP contribution in [0.2, 0.25) is 0 Å². The Morgan fingerprint density at radius 1 is 1.10 bits per heavy atom. The van der Waals surface area contributed by atoms with Crippen LogP contribution in [0, 0.1) is 5.92 Å². The van der Waals surface area contributed by atoms with Gasteiger partial charge in [-0.25, -0.2) is 0 Å². The second kappa shape index (κ2) is 8.42. The van der Waals surface area contributed by atoms with Crippen molar-refractivity contribution in [3.05, 3.63) is 78.5 Å². The van der Waals surface area contributed by atoms with Crippen molar-refractivity contribution in [2.24, 2.45) is 5.92 Å². The lowest BCUT2D eigenvalue weighted by atomic mass is 9.93. The first-order valence-electron chi connectivity index (χ1n) is 10.6. The highest BCUT2D eigenvalue weighted by Gasteiger charge is 2.35. The zero-order chi connectivity index (χ0) is 20.3. The normalized spacial score (nSPS) is 19.6. The number of H-pyrrole nitrogens is 1. The Morgan fingerprint density at radius 2 is 1.93 bits per heavy atom. The Morgan fingerprint density at radius 3 is 2.73 bits per heavy atom. The second-order valence-electron chi connectivity index (χ2n) is 7.97. The zero-order valence-electron chi connectivity index (χ0n) is 17.2. The van der Waals surface area contributed by atoms with Gasteiger partial charge in [-0.3, -0.25) is 9.47 Å². The van der Waals surface area contributed by atoms with Crippen molar-refractivity contribution in [3.63, 3.8) is 0 Å². The van der Waals surface area contributed by atoms with E-state index in [1.807, 2.05) is 10.6 Å². The molecule has 1 saturated heterocycles. The maximum Gasteiger partial charge on any atom is 0.123 e. The van der Waals surface area contributed by atoms with Crippen LogP contribution in [0.5, 0.6) is 0 Å². The topological polar surface area (TPSA) is 59.0 Å². The first kappa shape index (κ1) is 19.0. The maximum absolute atomic E-state index is 6.16. The van der Waals surface area contributed by atoms with E-state index in [1.54, 1.807) is 12.7 Å². The molecule has 5 rings (SSSR count). The predicted octanol–water partition coefficient (Wildman–Crippen LogP) is 4.35. The molecule has 3 heterocycles. The van der Waals surface area contributed by atoms with E-state index in [0.29, 0.717) is 18.6 Å². The molecule has 0 amide bonds. The molecule has 2 aromatic carbocycles. The second-order valence-corrected chi connectivity index (χ2v) is 7.97. The number of hydrogen-bond donors (Lipinski definition) is 1. The molecule has 30 heavy (non-hydrogen) atoms. The van der Waals surface area contributed by atoms with Crippen LogP contribution < -0.4 is 0 Å². The van der Waals surface area contributed by atoms with E-state index in [4.69, 9.17) is 4.74 Å². The van der Waals surface area contributed by atoms with Crippen molar-refractivity contribution in [3.8, 4) is 5.69 Å². The summed E-state index contributed by atoms with van der Waals surface area (Å²) >= 11 is 0. The van der Waals surface area contributed by atoms with Crippen LogP contribution in [0.15, 0.2) is 67.4 Å². The van der Waals surface area contributed by atoms with Crippen molar-refractivity contribution in [2.45, 2.75) is 26.0 Å². The molecule has 2 atom stereocenters. The molecular formula is C24H27N5O. The number of aromatic amines is 1. The van der Waals surface area contributed by atoms with Gasteiger partial charge in [0.15, 0.2) is 0 Å². The molecule has 6 heteroatoms. The molecular weight excluding hydrogens is 374 g/mol. The van der Waals surface area contributed by atoms with E-state index in [1.165, 1.54) is 16.5 Å². The molecule has 0 radical (unpaired) electrons. The van der Waals surface area contributed by atoms with E-state index in [2.05, 4.69) is 75.7 Å². The van der Waals surface area contributed by atoms with Crippen molar-refractivity contribution in [1.29, 1.82) is 0 Å². The van der Waals surface area contributed by atoms with Crippen molar-refractivity contribution < 1.29 is 4.74 Å². The van der Waals surface area contributed by atoms with Crippen LogP contribution in [-0.4, -0.2) is 44.3 Å². The summed E-state index contributed by atoms with van der Waals surface area (Å²) in [5.74, 6) is 0.478. The van der Waals surface area contributed by atoms with Crippen molar-refractivity contribution in [2.75, 3.05) is 19.7 Å². The fourth-order valence-corrected chi connectivity index (χ4v) is 4.68. The number of hydrogen-bond acceptors (Lipinski definition) is 4. The fraction of sp³-hybridized carbons (Fsp3) is 0.333. The van der Waals surface area contributed by atoms with Gasteiger partial charge in [0.1, 0.15) is 12.7 Å². The monoisotopic (exact) mass is 401 g/mol. The van der Waals surface area contributed by atoms with Gasteiger partial charge in [-0.1, -0.05) is 37.3 Å². The first-order chi connectivity index (χ1) is 14.8. The number of nitrogens with zero attached hydrogens (tertiary/aromatic N) is 4. The lowest BCUT2D eigenvalue weighted by molar-refractivity contribution is 0.0722. The molecule has 2 aromatic heterocycles. The van der Waals surface area contributed by atoms with Crippen LogP contribution in [0.3, 0.4) is 0 Å². The SMILES string of the molecule is CCN1CC[C@@H](COCc2ccccc2)C1c1c[nH]c2ccc(-n3cnnc3)cc12. The Labute approximate surface area is 176 Å². The molecule has 1 N–H and O–H groups in total. The van der Waals surface area contributed by atoms with E-state index < -0.39 is 0 Å². The van der Waals surface area contributed by atoms with Crippen LogP contribution in [-0.2, 0) is 11.3 Å². The van der Waals surface area contributed by atoms with Gasteiger partial charge in [-0.2, -0.15) is 0 Å². The molecule has 0 bridgehead atoms. The van der Waals surface area contributed by atoms with Gasteiger partial charge >= 0.3 is 0 Å². The average Bonchev–Trinajstić information content (AvgIpc) is 3.53. The number of benzene rings is 2. The summed E-state index contributed by atoms with van der Waals surface area (Å²) in [6, 6.07) is 17.2. The van der Waals surface area contributed by atoms with Gasteiger partial charge in [0.2, 0.25) is 0 Å². The molecule has 1 aliphatic rings. The average molecular weight is 402 g/mol. The number of rotatable bonds is 7. The lowest BCUT2D eigenvalue weighted by Crippen LogP contribution is -2.26. The smallest absolute Gasteiger partial charge is 0.123 e. The van der Waals surface area contributed by atoms with Crippen LogP contribution in [0.25, 0.3) is 16.6 Å². The number of likely N-dealkylation sites (tertiary alicyclic amines) is 1. The fourth-order valence-electron chi connectivity index (χ4n) is 4.68. The van der Waals surface area contributed by atoms with Crippen molar-refractivity contribution in [1.82, 2.24) is 24.6 Å². The molecule has 1 aliphatic heterocycles. The molecule has 0 spiro atoms. The summed E-state index contributed by atoms with van der Waals surface area (Å²) in [4.78, 5) is 6.05. The predicted molar refractivity (Wildman–Crippen MR) is 117 cm³/mol. The van der Waals surface area contributed by atoms with Crippen LogP contribution in [0.4, 0.5) is 0 Å². The molecule has 1 unspecified atom stereocenters. The first-order valence-corrected chi connectivity index (χ1v) is 10.6. The third-order valence-corrected chi connectivity index (χ3v) is 6.21. The third-order valence-electron chi connectivity index (χ3n) is 6.21. The third kappa shape index (κ3) is 3.64. The minimum absolute atomic E-state index is 0.357. The van der Waals surface area contributed by atoms with Gasteiger partial charge in [-0.05, 0) is 48.8 Å². The standard InChI is InChI=1S/C24H27N5O/c1-2-28-11-10-19(15-30-14-18-6-4-3-5-7-18)24(28)22-13-25-23-9-8-20(12-21(22)23)29-16-26-27-17-29/h3-9,12-13,16-17,19,24-25H,2,10-11,14-15H2,1H3/t19-,24?/m0/s1. The summed E-state index contributed by atoms with van der Waals surface area (Å²) in [5.41, 5.74) is 4.82. The van der Waals surface area contributed by atoms with E-state index in [0.717, 1.165) is 37.3 Å². The van der Waals surface area contributed by atoms with Gasteiger partial charge in [0.25, 0.3) is 0 Å². The van der Waals surface area contributed by atoms with Gasteiger partial charge in [-0.15, -0.1) is 10.2 Å². The minimum atomic E-state index is 0.357. The summed E-state index contributed by atoms with van der Waals surface area (Å²) in [6.45, 7) is 5.84.